The second kappa shape index (κ2) is 2.79. The topological polar surface area (TPSA) is 59.2 Å². The maximum atomic E-state index is 9.96. The molecule has 1 aromatic heterocycles. The predicted octanol–water partition coefficient (Wildman–Crippen LogP) is 1.74. The Morgan fingerprint density at radius 1 is 1.29 bits per heavy atom. The highest BCUT2D eigenvalue weighted by atomic mass is 16.4. The number of rotatable bonds is 1. The Morgan fingerprint density at radius 2 is 1.93 bits per heavy atom. The molecule has 4 heteroatoms. The summed E-state index contributed by atoms with van der Waals surface area (Å²) < 4.78 is 5.48. The van der Waals surface area contributed by atoms with Gasteiger partial charge < -0.3 is 9.52 Å². The van der Waals surface area contributed by atoms with Gasteiger partial charge in [-0.15, -0.1) is 10.2 Å². The second-order valence-corrected chi connectivity index (χ2v) is 5.05. The van der Waals surface area contributed by atoms with Gasteiger partial charge >= 0.3 is 0 Å². The lowest BCUT2D eigenvalue weighted by atomic mass is 9.80. The van der Waals surface area contributed by atoms with Crippen molar-refractivity contribution in [2.75, 3.05) is 0 Å². The highest BCUT2D eigenvalue weighted by molar-refractivity contribution is 5.05. The van der Waals surface area contributed by atoms with E-state index >= 15 is 0 Å². The maximum Gasteiger partial charge on any atom is 0.247 e. The van der Waals surface area contributed by atoms with Crippen molar-refractivity contribution >= 4 is 0 Å². The van der Waals surface area contributed by atoms with Crippen LogP contribution in [0.25, 0.3) is 0 Å². The van der Waals surface area contributed by atoms with Gasteiger partial charge in [-0.2, -0.15) is 0 Å². The Kier molecular flexibility index (Phi) is 1.93. The van der Waals surface area contributed by atoms with Crippen LogP contribution < -0.4 is 0 Å². The molecule has 2 rings (SSSR count). The molecule has 1 aromatic rings. The van der Waals surface area contributed by atoms with E-state index in [2.05, 4.69) is 10.2 Å². The van der Waals surface area contributed by atoms with E-state index in [-0.39, 0.29) is 5.41 Å². The van der Waals surface area contributed by atoms with Gasteiger partial charge in [-0.05, 0) is 19.3 Å². The lowest BCUT2D eigenvalue weighted by molar-refractivity contribution is -0.0622. The second-order valence-electron chi connectivity index (χ2n) is 5.05. The molecular formula is C10H16N2O2. The van der Waals surface area contributed by atoms with Gasteiger partial charge in [0.15, 0.2) is 0 Å². The first-order chi connectivity index (χ1) is 6.42. The van der Waals surface area contributed by atoms with Crippen LogP contribution >= 0.6 is 0 Å². The molecule has 0 amide bonds. The van der Waals surface area contributed by atoms with Crippen LogP contribution in [0.5, 0.6) is 0 Å². The van der Waals surface area contributed by atoms with Gasteiger partial charge in [0, 0.05) is 5.41 Å². The summed E-state index contributed by atoms with van der Waals surface area (Å²) >= 11 is 0. The van der Waals surface area contributed by atoms with Crippen molar-refractivity contribution < 1.29 is 9.52 Å². The molecule has 1 N–H and O–H groups in total. The quantitative estimate of drug-likeness (QED) is 0.743. The van der Waals surface area contributed by atoms with Crippen molar-refractivity contribution in [1.29, 1.82) is 0 Å². The lowest BCUT2D eigenvalue weighted by Crippen LogP contribution is -2.34. The molecule has 0 atom stereocenters. The number of hydrogen-bond acceptors (Lipinski definition) is 4. The highest BCUT2D eigenvalue weighted by Gasteiger charge is 2.42. The molecule has 0 spiro atoms. The van der Waals surface area contributed by atoms with E-state index in [1.165, 1.54) is 0 Å². The first kappa shape index (κ1) is 9.65. The van der Waals surface area contributed by atoms with E-state index in [0.717, 1.165) is 19.3 Å². The zero-order valence-electron chi connectivity index (χ0n) is 8.87. The number of hydrogen-bond donors (Lipinski definition) is 1. The fraction of sp³-hybridized carbons (Fsp3) is 0.800. The van der Waals surface area contributed by atoms with Gasteiger partial charge in [-0.25, -0.2) is 0 Å². The summed E-state index contributed by atoms with van der Waals surface area (Å²) in [6, 6.07) is 0. The predicted molar refractivity (Wildman–Crippen MR) is 50.7 cm³/mol. The summed E-state index contributed by atoms with van der Waals surface area (Å²) in [4.78, 5) is 0. The number of aromatic nitrogens is 2. The van der Waals surface area contributed by atoms with Gasteiger partial charge in [-0.1, -0.05) is 20.8 Å². The summed E-state index contributed by atoms with van der Waals surface area (Å²) in [5.74, 6) is 0.974. The SMILES string of the molecule is CC(C)(C)c1nnc(C2(O)CCC2)o1. The summed E-state index contributed by atoms with van der Waals surface area (Å²) in [5, 5.41) is 17.8. The molecule has 0 aromatic carbocycles. The van der Waals surface area contributed by atoms with Gasteiger partial charge in [0.1, 0.15) is 5.60 Å². The van der Waals surface area contributed by atoms with E-state index in [4.69, 9.17) is 4.42 Å². The van der Waals surface area contributed by atoms with Crippen molar-refractivity contribution in [3.05, 3.63) is 11.8 Å². The molecule has 14 heavy (non-hydrogen) atoms. The van der Waals surface area contributed by atoms with Crippen LogP contribution in [0.1, 0.15) is 51.8 Å². The largest absolute Gasteiger partial charge is 0.422 e. The Hall–Kier alpha value is -0.900. The first-order valence-electron chi connectivity index (χ1n) is 4.99. The minimum atomic E-state index is -0.837. The minimum absolute atomic E-state index is 0.147. The van der Waals surface area contributed by atoms with E-state index in [9.17, 15) is 5.11 Å². The van der Waals surface area contributed by atoms with Crippen molar-refractivity contribution in [2.45, 2.75) is 51.0 Å². The molecule has 1 aliphatic rings. The Balaban J connectivity index is 2.26. The summed E-state index contributed by atoms with van der Waals surface area (Å²) in [6.45, 7) is 6.03. The van der Waals surface area contributed by atoms with Gasteiger partial charge in [0.2, 0.25) is 11.8 Å². The third-order valence-electron chi connectivity index (χ3n) is 2.65. The summed E-state index contributed by atoms with van der Waals surface area (Å²) in [7, 11) is 0. The molecule has 1 aliphatic carbocycles. The molecule has 0 bridgehead atoms. The molecule has 0 unspecified atom stereocenters. The minimum Gasteiger partial charge on any atom is -0.422 e. The van der Waals surface area contributed by atoms with E-state index in [1.807, 2.05) is 20.8 Å². The van der Waals surface area contributed by atoms with Crippen molar-refractivity contribution in [1.82, 2.24) is 10.2 Å². The van der Waals surface area contributed by atoms with Crippen LogP contribution in [0.15, 0.2) is 4.42 Å². The van der Waals surface area contributed by atoms with Gasteiger partial charge in [-0.3, -0.25) is 0 Å². The normalized spacial score (nSPS) is 20.6. The summed E-state index contributed by atoms with van der Waals surface area (Å²) in [5.41, 5.74) is -0.984. The van der Waals surface area contributed by atoms with Crippen LogP contribution in [0.4, 0.5) is 0 Å². The monoisotopic (exact) mass is 196 g/mol. The van der Waals surface area contributed by atoms with E-state index in [1.54, 1.807) is 0 Å². The fourth-order valence-corrected chi connectivity index (χ4v) is 1.44. The van der Waals surface area contributed by atoms with Crippen LogP contribution in [-0.2, 0) is 11.0 Å². The van der Waals surface area contributed by atoms with Crippen LogP contribution in [-0.4, -0.2) is 15.3 Å². The molecular weight excluding hydrogens is 180 g/mol. The Morgan fingerprint density at radius 3 is 2.29 bits per heavy atom. The smallest absolute Gasteiger partial charge is 0.247 e. The third kappa shape index (κ3) is 1.43. The number of aliphatic hydroxyl groups is 1. The van der Waals surface area contributed by atoms with E-state index in [0.29, 0.717) is 11.8 Å². The molecule has 1 saturated carbocycles. The Labute approximate surface area is 83.3 Å². The average molecular weight is 196 g/mol. The first-order valence-corrected chi connectivity index (χ1v) is 4.99. The van der Waals surface area contributed by atoms with Crippen LogP contribution in [0.3, 0.4) is 0 Å². The third-order valence-corrected chi connectivity index (χ3v) is 2.65. The highest BCUT2D eigenvalue weighted by Crippen LogP contribution is 2.40. The molecule has 1 heterocycles. The lowest BCUT2D eigenvalue weighted by Gasteiger charge is -2.32. The maximum absolute atomic E-state index is 9.96. The van der Waals surface area contributed by atoms with Crippen LogP contribution in [0, 0.1) is 0 Å². The van der Waals surface area contributed by atoms with E-state index < -0.39 is 5.60 Å². The zero-order chi connectivity index (χ0) is 10.4. The summed E-state index contributed by atoms with van der Waals surface area (Å²) in [6.07, 6.45) is 2.50. The zero-order valence-corrected chi connectivity index (χ0v) is 8.87. The average Bonchev–Trinajstić information content (AvgIpc) is 2.46. The molecule has 0 saturated heterocycles. The molecule has 1 fully saturated rings. The standard InChI is InChI=1S/C10H16N2O2/c1-9(2,3)7-11-12-8(14-7)10(13)5-4-6-10/h13H,4-6H2,1-3H3. The molecule has 4 nitrogen and oxygen atoms in total. The fourth-order valence-electron chi connectivity index (χ4n) is 1.44. The van der Waals surface area contributed by atoms with Gasteiger partial charge in [0.25, 0.3) is 0 Å². The van der Waals surface area contributed by atoms with Gasteiger partial charge in [0.05, 0.1) is 0 Å². The van der Waals surface area contributed by atoms with Crippen molar-refractivity contribution in [3.63, 3.8) is 0 Å². The van der Waals surface area contributed by atoms with Crippen molar-refractivity contribution in [3.8, 4) is 0 Å². The number of nitrogens with zero attached hydrogens (tertiary/aromatic N) is 2. The van der Waals surface area contributed by atoms with Crippen molar-refractivity contribution in [2.24, 2.45) is 0 Å². The molecule has 0 aliphatic heterocycles. The molecule has 78 valence electrons. The Bertz CT molecular complexity index is 334. The molecule has 0 radical (unpaired) electrons. The van der Waals surface area contributed by atoms with Crippen LogP contribution in [0.2, 0.25) is 0 Å².